The summed E-state index contributed by atoms with van der Waals surface area (Å²) < 4.78 is 21.4. The summed E-state index contributed by atoms with van der Waals surface area (Å²) >= 11 is 0. The second-order valence-electron chi connectivity index (χ2n) is 7.65. The standard InChI is InChI=1S/C18H29NO6/c1-22-14(20)12-17-8-5-6-11(17)7-9-18(10-17,16(24-3)25-4)13(19-12)15(21)23-2/h11-13,16,19H,5-10H2,1-4H3/t11-,12-,13+,17+,18-/m1/s1. The van der Waals surface area contributed by atoms with E-state index < -0.39 is 23.8 Å². The molecule has 0 amide bonds. The summed E-state index contributed by atoms with van der Waals surface area (Å²) in [6.07, 6.45) is 5.05. The molecule has 1 N–H and O–H groups in total. The molecule has 0 aromatic heterocycles. The lowest BCUT2D eigenvalue weighted by atomic mass is 9.50. The molecule has 142 valence electrons. The monoisotopic (exact) mass is 355 g/mol. The van der Waals surface area contributed by atoms with Crippen molar-refractivity contribution in [3.63, 3.8) is 0 Å². The van der Waals surface area contributed by atoms with Crippen LogP contribution in [0, 0.1) is 16.7 Å². The number of piperidine rings is 1. The Kier molecular flexibility index (Phi) is 5.10. The summed E-state index contributed by atoms with van der Waals surface area (Å²) in [5, 5.41) is 3.30. The van der Waals surface area contributed by atoms with Crippen molar-refractivity contribution >= 4 is 11.9 Å². The summed E-state index contributed by atoms with van der Waals surface area (Å²) in [7, 11) is 5.95. The molecule has 25 heavy (non-hydrogen) atoms. The molecule has 5 atom stereocenters. The van der Waals surface area contributed by atoms with Crippen molar-refractivity contribution in [2.75, 3.05) is 28.4 Å². The maximum atomic E-state index is 12.6. The highest BCUT2D eigenvalue weighted by Crippen LogP contribution is 2.64. The van der Waals surface area contributed by atoms with Crippen molar-refractivity contribution in [1.82, 2.24) is 5.32 Å². The van der Waals surface area contributed by atoms with Crippen molar-refractivity contribution in [3.8, 4) is 0 Å². The molecular weight excluding hydrogens is 326 g/mol. The molecule has 1 aliphatic heterocycles. The van der Waals surface area contributed by atoms with E-state index in [0.717, 1.165) is 32.1 Å². The quantitative estimate of drug-likeness (QED) is 0.587. The van der Waals surface area contributed by atoms with Crippen molar-refractivity contribution < 1.29 is 28.5 Å². The van der Waals surface area contributed by atoms with Crippen LogP contribution in [0.15, 0.2) is 0 Å². The molecule has 0 aromatic carbocycles. The zero-order valence-electron chi connectivity index (χ0n) is 15.5. The minimum absolute atomic E-state index is 0.217. The summed E-state index contributed by atoms with van der Waals surface area (Å²) in [6.45, 7) is 0. The number of ether oxygens (including phenoxy) is 4. The number of hydrogen-bond donors (Lipinski definition) is 1. The SMILES string of the molecule is COC(=O)[C@H]1N[C@@H](C(=O)OC)[C@@]2(C(OC)OC)CC[C@H]3CCC[C@]31C2. The van der Waals surface area contributed by atoms with Crippen molar-refractivity contribution in [3.05, 3.63) is 0 Å². The third-order valence-corrected chi connectivity index (χ3v) is 6.88. The van der Waals surface area contributed by atoms with Gasteiger partial charge in [0.05, 0.1) is 14.2 Å². The number of rotatable bonds is 5. The van der Waals surface area contributed by atoms with E-state index in [0.29, 0.717) is 12.3 Å². The van der Waals surface area contributed by atoms with Gasteiger partial charge in [0, 0.05) is 25.0 Å². The number of methoxy groups -OCH3 is 4. The van der Waals surface area contributed by atoms with Gasteiger partial charge in [-0.2, -0.15) is 0 Å². The number of carbonyl (C=O) groups excluding carboxylic acids is 2. The van der Waals surface area contributed by atoms with Crippen LogP contribution >= 0.6 is 0 Å². The molecule has 0 aromatic rings. The van der Waals surface area contributed by atoms with Crippen molar-refractivity contribution in [2.24, 2.45) is 16.7 Å². The highest BCUT2D eigenvalue weighted by molar-refractivity contribution is 5.82. The van der Waals surface area contributed by atoms with Crippen LogP contribution in [0.2, 0.25) is 0 Å². The average Bonchev–Trinajstić information content (AvgIpc) is 3.04. The fourth-order valence-electron chi connectivity index (χ4n) is 5.95. The predicted octanol–water partition coefficient (Wildman–Crippen LogP) is 1.25. The van der Waals surface area contributed by atoms with Gasteiger partial charge in [0.15, 0.2) is 6.29 Å². The maximum absolute atomic E-state index is 12.6. The minimum Gasteiger partial charge on any atom is -0.468 e. The fourth-order valence-corrected chi connectivity index (χ4v) is 5.95. The molecule has 1 heterocycles. The van der Waals surface area contributed by atoms with Gasteiger partial charge >= 0.3 is 11.9 Å². The average molecular weight is 355 g/mol. The van der Waals surface area contributed by atoms with Crippen LogP contribution in [0.4, 0.5) is 0 Å². The van der Waals surface area contributed by atoms with Crippen LogP contribution in [-0.4, -0.2) is 58.8 Å². The lowest BCUT2D eigenvalue weighted by Crippen LogP contribution is -2.73. The number of fused-ring (bicyclic) bond motifs is 1. The van der Waals surface area contributed by atoms with E-state index in [-0.39, 0.29) is 17.4 Å². The van der Waals surface area contributed by atoms with E-state index in [4.69, 9.17) is 18.9 Å². The smallest absolute Gasteiger partial charge is 0.323 e. The first kappa shape index (κ1) is 18.6. The molecule has 7 nitrogen and oxygen atoms in total. The third-order valence-electron chi connectivity index (χ3n) is 6.88. The van der Waals surface area contributed by atoms with Crippen molar-refractivity contribution in [1.29, 1.82) is 0 Å². The van der Waals surface area contributed by atoms with Crippen LogP contribution in [0.3, 0.4) is 0 Å². The molecule has 3 fully saturated rings. The lowest BCUT2D eigenvalue weighted by molar-refractivity contribution is -0.238. The maximum Gasteiger partial charge on any atom is 0.323 e. The third kappa shape index (κ3) is 2.59. The molecule has 0 radical (unpaired) electrons. The zero-order chi connectivity index (χ0) is 18.2. The van der Waals surface area contributed by atoms with E-state index in [9.17, 15) is 9.59 Å². The Morgan fingerprint density at radius 3 is 2.20 bits per heavy atom. The summed E-state index contributed by atoms with van der Waals surface area (Å²) in [4.78, 5) is 25.2. The van der Waals surface area contributed by atoms with E-state index >= 15 is 0 Å². The summed E-state index contributed by atoms with van der Waals surface area (Å²) in [5.41, 5.74) is -0.771. The minimum atomic E-state index is -0.668. The first-order valence-corrected chi connectivity index (χ1v) is 8.96. The Labute approximate surface area is 148 Å². The van der Waals surface area contributed by atoms with Gasteiger partial charge in [-0.05, 0) is 38.0 Å². The fraction of sp³-hybridized carbons (Fsp3) is 0.889. The van der Waals surface area contributed by atoms with Gasteiger partial charge in [0.25, 0.3) is 0 Å². The molecular formula is C18H29NO6. The largest absolute Gasteiger partial charge is 0.468 e. The van der Waals surface area contributed by atoms with Crippen LogP contribution < -0.4 is 5.32 Å². The summed E-state index contributed by atoms with van der Waals surface area (Å²) in [5.74, 6) is -0.243. The van der Waals surface area contributed by atoms with Crippen LogP contribution in [0.25, 0.3) is 0 Å². The molecule has 3 rings (SSSR count). The van der Waals surface area contributed by atoms with Crippen molar-refractivity contribution in [2.45, 2.75) is 56.9 Å². The molecule has 3 aliphatic rings. The number of nitrogens with one attached hydrogen (secondary N) is 1. The molecule has 2 bridgehead atoms. The van der Waals surface area contributed by atoms with Crippen LogP contribution in [0.5, 0.6) is 0 Å². The Morgan fingerprint density at radius 1 is 0.960 bits per heavy atom. The van der Waals surface area contributed by atoms with E-state index in [1.54, 1.807) is 14.2 Å². The van der Waals surface area contributed by atoms with Crippen LogP contribution in [0.1, 0.15) is 38.5 Å². The van der Waals surface area contributed by atoms with Gasteiger partial charge in [-0.3, -0.25) is 14.9 Å². The predicted molar refractivity (Wildman–Crippen MR) is 88.6 cm³/mol. The second kappa shape index (κ2) is 6.85. The highest BCUT2D eigenvalue weighted by Gasteiger charge is 2.67. The Balaban J connectivity index is 2.08. The Hall–Kier alpha value is -1.18. The lowest BCUT2D eigenvalue weighted by Gasteiger charge is -2.60. The normalized spacial score (nSPS) is 39.8. The molecule has 1 saturated heterocycles. The first-order chi connectivity index (χ1) is 12.0. The highest BCUT2D eigenvalue weighted by atomic mass is 16.7. The number of hydrogen-bond acceptors (Lipinski definition) is 7. The van der Waals surface area contributed by atoms with Gasteiger partial charge < -0.3 is 18.9 Å². The van der Waals surface area contributed by atoms with Gasteiger partial charge in [0.1, 0.15) is 12.1 Å². The molecule has 2 saturated carbocycles. The van der Waals surface area contributed by atoms with E-state index in [1.807, 2.05) is 0 Å². The number of esters is 2. The topological polar surface area (TPSA) is 83.1 Å². The first-order valence-electron chi connectivity index (χ1n) is 8.96. The van der Waals surface area contributed by atoms with E-state index in [1.165, 1.54) is 14.2 Å². The van der Waals surface area contributed by atoms with Gasteiger partial charge in [-0.15, -0.1) is 0 Å². The van der Waals surface area contributed by atoms with Gasteiger partial charge in [0.2, 0.25) is 0 Å². The Bertz CT molecular complexity index is 536. The summed E-state index contributed by atoms with van der Waals surface area (Å²) in [6, 6.07) is -1.17. The second-order valence-corrected chi connectivity index (χ2v) is 7.65. The molecule has 1 spiro atoms. The Morgan fingerprint density at radius 2 is 1.60 bits per heavy atom. The zero-order valence-corrected chi connectivity index (χ0v) is 15.5. The van der Waals surface area contributed by atoms with E-state index in [2.05, 4.69) is 5.32 Å². The van der Waals surface area contributed by atoms with Crippen LogP contribution in [-0.2, 0) is 28.5 Å². The molecule has 2 aliphatic carbocycles. The molecule has 7 heteroatoms. The number of carbonyl (C=O) groups is 2. The van der Waals surface area contributed by atoms with Gasteiger partial charge in [-0.1, -0.05) is 6.42 Å². The van der Waals surface area contributed by atoms with Gasteiger partial charge in [-0.25, -0.2) is 0 Å². The molecule has 0 unspecified atom stereocenters.